The van der Waals surface area contributed by atoms with Crippen molar-refractivity contribution in [2.75, 3.05) is 28.4 Å². The van der Waals surface area contributed by atoms with E-state index in [4.69, 9.17) is 18.9 Å². The third-order valence-corrected chi connectivity index (χ3v) is 3.72. The second-order valence-corrected chi connectivity index (χ2v) is 5.05. The fourth-order valence-electron chi connectivity index (χ4n) is 2.47. The lowest BCUT2D eigenvalue weighted by molar-refractivity contribution is -0.385. The first-order valence-electron chi connectivity index (χ1n) is 7.27. The second kappa shape index (κ2) is 7.71. The summed E-state index contributed by atoms with van der Waals surface area (Å²) in [4.78, 5) is 10.4. The van der Waals surface area contributed by atoms with Crippen LogP contribution in [-0.4, -0.2) is 38.5 Å². The smallest absolute Gasteiger partial charge is 0.310 e. The Balaban J connectivity index is 2.50. The number of ether oxygens (including phenoxy) is 4. The van der Waals surface area contributed by atoms with E-state index in [1.54, 1.807) is 12.1 Å². The molecule has 8 nitrogen and oxygen atoms in total. The fourth-order valence-corrected chi connectivity index (χ4v) is 2.47. The van der Waals surface area contributed by atoms with Crippen LogP contribution >= 0.6 is 0 Å². The highest BCUT2D eigenvalue weighted by Crippen LogP contribution is 2.41. The summed E-state index contributed by atoms with van der Waals surface area (Å²) in [6.45, 7) is 0. The standard InChI is InChI=1S/C17H19NO7/c1-22-13-7-10(5-6-12(13)18(20)21)16(19)11-8-14(23-2)17(25-4)15(9-11)24-3/h5-9,16,19H,1-4H3/t16-/m0/s1. The van der Waals surface area contributed by atoms with E-state index < -0.39 is 11.0 Å². The number of hydrogen-bond donors (Lipinski definition) is 1. The van der Waals surface area contributed by atoms with Crippen LogP contribution in [0.1, 0.15) is 17.2 Å². The Morgan fingerprint density at radius 1 is 0.880 bits per heavy atom. The van der Waals surface area contributed by atoms with Gasteiger partial charge in [0.2, 0.25) is 5.75 Å². The maximum atomic E-state index is 11.0. The first-order chi connectivity index (χ1) is 12.0. The summed E-state index contributed by atoms with van der Waals surface area (Å²) in [7, 11) is 5.76. The Hall–Kier alpha value is -3.00. The van der Waals surface area contributed by atoms with Gasteiger partial charge >= 0.3 is 5.69 Å². The number of aliphatic hydroxyl groups is 1. The number of benzene rings is 2. The average Bonchev–Trinajstić information content (AvgIpc) is 2.65. The van der Waals surface area contributed by atoms with Gasteiger partial charge in [0.1, 0.15) is 6.10 Å². The van der Waals surface area contributed by atoms with Crippen LogP contribution in [0.2, 0.25) is 0 Å². The summed E-state index contributed by atoms with van der Waals surface area (Å²) in [5.74, 6) is 1.26. The molecule has 0 unspecified atom stereocenters. The molecule has 0 aliphatic carbocycles. The molecule has 0 spiro atoms. The zero-order chi connectivity index (χ0) is 18.6. The lowest BCUT2D eigenvalue weighted by Gasteiger charge is -2.17. The normalized spacial score (nSPS) is 11.6. The predicted octanol–water partition coefficient (Wildman–Crippen LogP) is 2.71. The van der Waals surface area contributed by atoms with Crippen molar-refractivity contribution in [1.82, 2.24) is 0 Å². The second-order valence-electron chi connectivity index (χ2n) is 5.05. The third kappa shape index (κ3) is 3.58. The van der Waals surface area contributed by atoms with E-state index in [2.05, 4.69) is 0 Å². The molecule has 0 bridgehead atoms. The molecule has 0 saturated heterocycles. The largest absolute Gasteiger partial charge is 0.493 e. The van der Waals surface area contributed by atoms with E-state index in [0.29, 0.717) is 28.4 Å². The summed E-state index contributed by atoms with van der Waals surface area (Å²) in [6.07, 6.45) is -1.07. The molecule has 0 fully saturated rings. The zero-order valence-electron chi connectivity index (χ0n) is 14.3. The van der Waals surface area contributed by atoms with Gasteiger partial charge < -0.3 is 24.1 Å². The number of hydrogen-bond acceptors (Lipinski definition) is 7. The van der Waals surface area contributed by atoms with Crippen molar-refractivity contribution >= 4 is 5.69 Å². The molecule has 0 aromatic heterocycles. The third-order valence-electron chi connectivity index (χ3n) is 3.72. The van der Waals surface area contributed by atoms with Gasteiger partial charge in [0.25, 0.3) is 0 Å². The zero-order valence-corrected chi connectivity index (χ0v) is 14.3. The maximum Gasteiger partial charge on any atom is 0.310 e. The van der Waals surface area contributed by atoms with Gasteiger partial charge in [-0.2, -0.15) is 0 Å². The van der Waals surface area contributed by atoms with Crippen molar-refractivity contribution in [2.45, 2.75) is 6.10 Å². The Morgan fingerprint density at radius 3 is 1.84 bits per heavy atom. The highest BCUT2D eigenvalue weighted by atomic mass is 16.6. The molecule has 2 aromatic rings. The first kappa shape index (κ1) is 18.3. The Bertz CT molecular complexity index is 751. The minimum atomic E-state index is -1.07. The maximum absolute atomic E-state index is 11.0. The predicted molar refractivity (Wildman–Crippen MR) is 89.8 cm³/mol. The SMILES string of the molecule is COc1cc([C@H](O)c2cc(OC)c(OC)c(OC)c2)ccc1[N+](=O)[O-]. The highest BCUT2D eigenvalue weighted by molar-refractivity contribution is 5.56. The van der Waals surface area contributed by atoms with Crippen molar-refractivity contribution in [2.24, 2.45) is 0 Å². The molecule has 134 valence electrons. The van der Waals surface area contributed by atoms with Gasteiger partial charge in [-0.3, -0.25) is 10.1 Å². The quantitative estimate of drug-likeness (QED) is 0.606. The monoisotopic (exact) mass is 349 g/mol. The number of nitrogens with zero attached hydrogens (tertiary/aromatic N) is 1. The fraction of sp³-hybridized carbons (Fsp3) is 0.294. The van der Waals surface area contributed by atoms with Gasteiger partial charge in [0, 0.05) is 6.07 Å². The van der Waals surface area contributed by atoms with Crippen molar-refractivity contribution in [1.29, 1.82) is 0 Å². The summed E-state index contributed by atoms with van der Waals surface area (Å²) >= 11 is 0. The van der Waals surface area contributed by atoms with Crippen LogP contribution in [0.15, 0.2) is 30.3 Å². The Morgan fingerprint density at radius 2 is 1.40 bits per heavy atom. The summed E-state index contributed by atoms with van der Waals surface area (Å²) in [5, 5.41) is 21.7. The van der Waals surface area contributed by atoms with E-state index >= 15 is 0 Å². The van der Waals surface area contributed by atoms with Crippen molar-refractivity contribution in [3.05, 3.63) is 51.6 Å². The summed E-state index contributed by atoms with van der Waals surface area (Å²) in [5.41, 5.74) is 0.727. The molecular formula is C17H19NO7. The van der Waals surface area contributed by atoms with Crippen LogP contribution in [0.4, 0.5) is 5.69 Å². The average molecular weight is 349 g/mol. The molecule has 25 heavy (non-hydrogen) atoms. The molecule has 1 N–H and O–H groups in total. The van der Waals surface area contributed by atoms with Crippen molar-refractivity contribution < 1.29 is 29.0 Å². The molecular weight excluding hydrogens is 330 g/mol. The number of rotatable bonds is 7. The van der Waals surface area contributed by atoms with Gasteiger partial charge in [0.15, 0.2) is 17.2 Å². The molecule has 0 saturated carbocycles. The van der Waals surface area contributed by atoms with Crippen LogP contribution in [0.3, 0.4) is 0 Å². The summed E-state index contributed by atoms with van der Waals surface area (Å²) < 4.78 is 20.8. The van der Waals surface area contributed by atoms with E-state index in [-0.39, 0.29) is 11.4 Å². The minimum absolute atomic E-state index is 0.0639. The highest BCUT2D eigenvalue weighted by Gasteiger charge is 2.21. The lowest BCUT2D eigenvalue weighted by atomic mass is 10.00. The van der Waals surface area contributed by atoms with Crippen LogP contribution < -0.4 is 18.9 Å². The van der Waals surface area contributed by atoms with Gasteiger partial charge in [-0.25, -0.2) is 0 Å². The van der Waals surface area contributed by atoms with Gasteiger partial charge in [-0.1, -0.05) is 0 Å². The number of aliphatic hydroxyl groups excluding tert-OH is 1. The molecule has 1 atom stereocenters. The molecule has 2 aromatic carbocycles. The molecule has 0 aliphatic rings. The molecule has 0 heterocycles. The molecule has 0 amide bonds. The van der Waals surface area contributed by atoms with E-state index in [0.717, 1.165) is 0 Å². The van der Waals surface area contributed by atoms with Crippen molar-refractivity contribution in [3.63, 3.8) is 0 Å². The summed E-state index contributed by atoms with van der Waals surface area (Å²) in [6, 6.07) is 7.40. The van der Waals surface area contributed by atoms with Gasteiger partial charge in [-0.05, 0) is 35.4 Å². The Labute approximate surface area is 144 Å². The Kier molecular flexibility index (Phi) is 5.66. The van der Waals surface area contributed by atoms with Crippen LogP contribution in [0.5, 0.6) is 23.0 Å². The molecule has 0 aliphatic heterocycles. The molecule has 2 rings (SSSR count). The van der Waals surface area contributed by atoms with E-state index in [9.17, 15) is 15.2 Å². The van der Waals surface area contributed by atoms with Crippen LogP contribution in [0.25, 0.3) is 0 Å². The number of nitro groups is 1. The number of methoxy groups -OCH3 is 4. The number of nitro benzene ring substituents is 1. The lowest BCUT2D eigenvalue weighted by Crippen LogP contribution is -2.04. The van der Waals surface area contributed by atoms with E-state index in [1.807, 2.05) is 0 Å². The van der Waals surface area contributed by atoms with Gasteiger partial charge in [0.05, 0.1) is 33.4 Å². The van der Waals surface area contributed by atoms with Crippen molar-refractivity contribution in [3.8, 4) is 23.0 Å². The van der Waals surface area contributed by atoms with Crippen LogP contribution in [0, 0.1) is 10.1 Å². The minimum Gasteiger partial charge on any atom is -0.493 e. The van der Waals surface area contributed by atoms with Gasteiger partial charge in [-0.15, -0.1) is 0 Å². The van der Waals surface area contributed by atoms with Crippen LogP contribution in [-0.2, 0) is 0 Å². The molecule has 0 radical (unpaired) electrons. The molecule has 8 heteroatoms. The topological polar surface area (TPSA) is 100 Å². The first-order valence-corrected chi connectivity index (χ1v) is 7.27. The van der Waals surface area contributed by atoms with E-state index in [1.165, 1.54) is 46.6 Å².